The Hall–Kier alpha value is -4.49. The summed E-state index contributed by atoms with van der Waals surface area (Å²) >= 11 is 0. The summed E-state index contributed by atoms with van der Waals surface area (Å²) in [4.78, 5) is 32.0. The third-order valence-electron chi connectivity index (χ3n) is 9.25. The zero-order valence-corrected chi connectivity index (χ0v) is 26.7. The number of carbonyl (C=O) groups is 2. The van der Waals surface area contributed by atoms with Crippen LogP contribution in [0.4, 0.5) is 32.0 Å². The van der Waals surface area contributed by atoms with Gasteiger partial charge < -0.3 is 15.3 Å². The lowest BCUT2D eigenvalue weighted by Crippen LogP contribution is -2.38. The summed E-state index contributed by atoms with van der Waals surface area (Å²) in [6.07, 6.45) is -7.86. The number of aromatic nitrogens is 1. The molecule has 3 N–H and O–H groups in total. The molecule has 7 nitrogen and oxygen atoms in total. The SMILES string of the molecule is CC1=C([C@H](O)CC/C(=C/c2cc(C)c(O)c(C)c2)c2ccccn2)[C@H](CO)[C@@H]2C(=O)N(c3cc(C(F)(F)F)cc(C(F)(F)F)c3)C(=O)[C@@H]2C1. The van der Waals surface area contributed by atoms with Gasteiger partial charge in [-0.1, -0.05) is 11.6 Å². The largest absolute Gasteiger partial charge is 0.507 e. The van der Waals surface area contributed by atoms with Crippen LogP contribution in [-0.4, -0.2) is 44.8 Å². The predicted octanol–water partition coefficient (Wildman–Crippen LogP) is 7.26. The van der Waals surface area contributed by atoms with Gasteiger partial charge in [0.25, 0.3) is 0 Å². The van der Waals surface area contributed by atoms with E-state index in [2.05, 4.69) is 4.98 Å². The average molecular weight is 689 g/mol. The normalized spacial score (nSPS) is 21.0. The summed E-state index contributed by atoms with van der Waals surface area (Å²) in [6, 6.07) is 9.50. The molecule has 1 fully saturated rings. The van der Waals surface area contributed by atoms with Crippen molar-refractivity contribution >= 4 is 29.2 Å². The number of anilines is 1. The van der Waals surface area contributed by atoms with Gasteiger partial charge in [-0.25, -0.2) is 4.90 Å². The Bertz CT molecular complexity index is 1780. The van der Waals surface area contributed by atoms with E-state index in [0.29, 0.717) is 45.0 Å². The summed E-state index contributed by atoms with van der Waals surface area (Å²) in [6.45, 7) is 4.44. The first-order valence-corrected chi connectivity index (χ1v) is 15.5. The number of hydrogen-bond donors (Lipinski definition) is 3. The minimum atomic E-state index is -5.19. The number of imide groups is 1. The van der Waals surface area contributed by atoms with Gasteiger partial charge in [-0.15, -0.1) is 0 Å². The Morgan fingerprint density at radius 2 is 1.57 bits per heavy atom. The molecule has 1 aliphatic carbocycles. The van der Waals surface area contributed by atoms with Crippen molar-refractivity contribution in [3.05, 3.63) is 99.4 Å². The highest BCUT2D eigenvalue weighted by molar-refractivity contribution is 6.22. The molecular formula is C36H34F6N2O5. The summed E-state index contributed by atoms with van der Waals surface area (Å²) in [5, 5.41) is 32.2. The summed E-state index contributed by atoms with van der Waals surface area (Å²) < 4.78 is 81.5. The van der Waals surface area contributed by atoms with Gasteiger partial charge >= 0.3 is 12.4 Å². The van der Waals surface area contributed by atoms with Crippen LogP contribution in [-0.2, 0) is 21.9 Å². The molecule has 0 bridgehead atoms. The zero-order chi connectivity index (χ0) is 36.0. The van der Waals surface area contributed by atoms with E-state index in [1.165, 1.54) is 0 Å². The van der Waals surface area contributed by atoms with E-state index in [1.807, 2.05) is 6.08 Å². The van der Waals surface area contributed by atoms with Crippen LogP contribution in [0.15, 0.2) is 65.9 Å². The van der Waals surface area contributed by atoms with Gasteiger partial charge in [-0.05, 0) is 116 Å². The first kappa shape index (κ1) is 35.8. The summed E-state index contributed by atoms with van der Waals surface area (Å²) in [5.41, 5.74) is 0.0419. The van der Waals surface area contributed by atoms with Crippen LogP contribution < -0.4 is 4.90 Å². The van der Waals surface area contributed by atoms with Gasteiger partial charge in [0.2, 0.25) is 11.8 Å². The lowest BCUT2D eigenvalue weighted by atomic mass is 9.68. The van der Waals surface area contributed by atoms with Gasteiger partial charge in [0.15, 0.2) is 0 Å². The molecule has 4 atom stereocenters. The van der Waals surface area contributed by atoms with Crippen molar-refractivity contribution < 1.29 is 51.3 Å². The number of rotatable bonds is 8. The molecule has 3 aromatic rings. The van der Waals surface area contributed by atoms with Gasteiger partial charge in [-0.2, -0.15) is 26.3 Å². The maximum Gasteiger partial charge on any atom is 0.416 e. The molecule has 0 spiro atoms. The van der Waals surface area contributed by atoms with Crippen LogP contribution >= 0.6 is 0 Å². The van der Waals surface area contributed by atoms with E-state index in [4.69, 9.17) is 0 Å². The molecule has 49 heavy (non-hydrogen) atoms. The minimum Gasteiger partial charge on any atom is -0.507 e. The van der Waals surface area contributed by atoms with E-state index in [9.17, 15) is 51.3 Å². The van der Waals surface area contributed by atoms with Crippen molar-refractivity contribution in [2.24, 2.45) is 17.8 Å². The van der Waals surface area contributed by atoms with E-state index >= 15 is 0 Å². The van der Waals surface area contributed by atoms with Crippen LogP contribution in [0.1, 0.15) is 59.7 Å². The Kier molecular flexibility index (Phi) is 9.82. The number of fused-ring (bicyclic) bond motifs is 1. The van der Waals surface area contributed by atoms with Crippen LogP contribution in [0, 0.1) is 31.6 Å². The fourth-order valence-corrected chi connectivity index (χ4v) is 6.99. The first-order chi connectivity index (χ1) is 22.9. The monoisotopic (exact) mass is 688 g/mol. The minimum absolute atomic E-state index is 0.0874. The number of amides is 2. The van der Waals surface area contributed by atoms with Crippen molar-refractivity contribution in [3.63, 3.8) is 0 Å². The molecule has 0 unspecified atom stereocenters. The first-order valence-electron chi connectivity index (χ1n) is 15.5. The molecule has 1 saturated heterocycles. The molecule has 0 radical (unpaired) electrons. The predicted molar refractivity (Wildman–Crippen MR) is 169 cm³/mol. The number of phenols is 1. The molecule has 0 saturated carbocycles. The second-order valence-corrected chi connectivity index (χ2v) is 12.6. The molecule has 260 valence electrons. The number of aliphatic hydroxyl groups excluding tert-OH is 2. The number of phenolic OH excluding ortho intramolecular Hbond substituents is 1. The Labute approximate surface area is 278 Å². The van der Waals surface area contributed by atoms with Crippen molar-refractivity contribution in [3.8, 4) is 5.75 Å². The van der Waals surface area contributed by atoms with Gasteiger partial charge in [0, 0.05) is 12.1 Å². The molecule has 5 rings (SSSR count). The molecule has 2 aromatic carbocycles. The number of hydrogen-bond acceptors (Lipinski definition) is 6. The van der Waals surface area contributed by atoms with Crippen molar-refractivity contribution in [2.45, 2.75) is 58.5 Å². The Morgan fingerprint density at radius 3 is 2.10 bits per heavy atom. The van der Waals surface area contributed by atoms with Crippen LogP contribution in [0.3, 0.4) is 0 Å². The fourth-order valence-electron chi connectivity index (χ4n) is 6.99. The van der Waals surface area contributed by atoms with Crippen LogP contribution in [0.25, 0.3) is 11.6 Å². The van der Waals surface area contributed by atoms with Gasteiger partial charge in [-0.3, -0.25) is 14.6 Å². The third-order valence-corrected chi connectivity index (χ3v) is 9.25. The molecule has 13 heteroatoms. The van der Waals surface area contributed by atoms with E-state index in [1.54, 1.807) is 57.3 Å². The number of aryl methyl sites for hydroxylation is 2. The second-order valence-electron chi connectivity index (χ2n) is 12.6. The number of benzene rings is 2. The van der Waals surface area contributed by atoms with Crippen LogP contribution in [0.2, 0.25) is 0 Å². The number of aromatic hydroxyl groups is 1. The van der Waals surface area contributed by atoms with E-state index in [-0.39, 0.29) is 31.1 Å². The second kappa shape index (κ2) is 13.4. The lowest BCUT2D eigenvalue weighted by Gasteiger charge is -2.35. The molecule has 2 heterocycles. The van der Waals surface area contributed by atoms with Crippen LogP contribution in [0.5, 0.6) is 5.75 Å². The highest BCUT2D eigenvalue weighted by Crippen LogP contribution is 2.48. The number of aliphatic hydroxyl groups is 2. The Balaban J connectivity index is 1.45. The van der Waals surface area contributed by atoms with Crippen molar-refractivity contribution in [1.29, 1.82) is 0 Å². The number of halogens is 6. The molecule has 2 aliphatic rings. The number of nitrogens with zero attached hydrogens (tertiary/aromatic N) is 2. The Morgan fingerprint density at radius 1 is 0.959 bits per heavy atom. The maximum atomic E-state index is 13.7. The fraction of sp³-hybridized carbons (Fsp3) is 0.361. The average Bonchev–Trinajstić information content (AvgIpc) is 3.28. The van der Waals surface area contributed by atoms with Crippen molar-refractivity contribution in [2.75, 3.05) is 11.5 Å². The molecule has 1 aromatic heterocycles. The molecule has 1 aliphatic heterocycles. The number of allylic oxidation sites excluding steroid dienone is 2. The number of alkyl halides is 6. The number of pyridine rings is 1. The standard InChI is InChI=1S/C36H34F6N2O5/c1-18-12-26-31(34(49)44(33(26)48)25-15-23(35(37,38)39)14-24(16-25)36(40,41)42)27(17-45)30(18)29(46)8-7-22(28-6-4-5-9-43-28)13-21-10-19(2)32(47)20(3)11-21/h4-6,9-11,13-16,26-27,29,31,45-47H,7-8,12,17H2,1-3H3/b22-13-/t26-,27+,29-,31-/m1/s1. The smallest absolute Gasteiger partial charge is 0.416 e. The van der Waals surface area contributed by atoms with Gasteiger partial charge in [0.1, 0.15) is 5.75 Å². The maximum absolute atomic E-state index is 13.7. The van der Waals surface area contributed by atoms with E-state index in [0.717, 1.165) is 11.1 Å². The topological polar surface area (TPSA) is 111 Å². The van der Waals surface area contributed by atoms with Crippen molar-refractivity contribution in [1.82, 2.24) is 4.98 Å². The van der Waals surface area contributed by atoms with Gasteiger partial charge in [0.05, 0.1) is 47.1 Å². The summed E-state index contributed by atoms with van der Waals surface area (Å²) in [5.74, 6) is -5.45. The highest BCUT2D eigenvalue weighted by atomic mass is 19.4. The third kappa shape index (κ3) is 7.13. The highest BCUT2D eigenvalue weighted by Gasteiger charge is 2.55. The number of carbonyl (C=O) groups excluding carboxylic acids is 2. The molecular weight excluding hydrogens is 654 g/mol. The quantitative estimate of drug-likeness (QED) is 0.131. The molecule has 2 amide bonds. The summed E-state index contributed by atoms with van der Waals surface area (Å²) in [7, 11) is 0. The van der Waals surface area contributed by atoms with E-state index < -0.39 is 71.4 Å². The zero-order valence-electron chi connectivity index (χ0n) is 26.7. The lowest BCUT2D eigenvalue weighted by molar-refractivity contribution is -0.143.